The second-order valence-electron chi connectivity index (χ2n) is 5.39. The minimum atomic E-state index is -0.722. The average Bonchev–Trinajstić information content (AvgIpc) is 3.31. The highest BCUT2D eigenvalue weighted by atomic mass is 16.5. The van der Waals surface area contributed by atoms with Crippen LogP contribution in [0.3, 0.4) is 0 Å². The fourth-order valence-corrected chi connectivity index (χ4v) is 2.46. The lowest BCUT2D eigenvalue weighted by atomic mass is 10.2. The highest BCUT2D eigenvalue weighted by molar-refractivity contribution is 6.01. The van der Waals surface area contributed by atoms with Gasteiger partial charge in [0.1, 0.15) is 5.69 Å². The van der Waals surface area contributed by atoms with Crippen molar-refractivity contribution in [2.24, 2.45) is 0 Å². The van der Waals surface area contributed by atoms with Crippen LogP contribution in [0.4, 0.5) is 0 Å². The molecule has 0 aromatic carbocycles. The minimum Gasteiger partial charge on any atom is -0.453 e. The maximum atomic E-state index is 12.2. The summed E-state index contributed by atoms with van der Waals surface area (Å²) in [5.41, 5.74) is 0.689. The summed E-state index contributed by atoms with van der Waals surface area (Å²) in [6, 6.07) is 1.49. The predicted octanol–water partition coefficient (Wildman–Crippen LogP) is 1.08. The predicted molar refractivity (Wildman–Crippen MR) is 82.6 cm³/mol. The van der Waals surface area contributed by atoms with Crippen LogP contribution >= 0.6 is 0 Å². The van der Waals surface area contributed by atoms with E-state index in [0.29, 0.717) is 11.3 Å². The number of aromatic nitrogens is 3. The monoisotopic (exact) mass is 328 g/mol. The van der Waals surface area contributed by atoms with E-state index in [1.807, 2.05) is 0 Å². The van der Waals surface area contributed by atoms with Crippen LogP contribution in [0.15, 0.2) is 30.9 Å². The Bertz CT molecular complexity index is 750. The quantitative estimate of drug-likeness (QED) is 0.650. The Morgan fingerprint density at radius 1 is 1.21 bits per heavy atom. The van der Waals surface area contributed by atoms with Crippen molar-refractivity contribution in [3.63, 3.8) is 0 Å². The van der Waals surface area contributed by atoms with Crippen LogP contribution < -0.4 is 0 Å². The molecule has 0 aliphatic carbocycles. The molecule has 1 N–H and O–H groups in total. The number of hydrogen-bond donors (Lipinski definition) is 1. The molecule has 3 rings (SSSR count). The van der Waals surface area contributed by atoms with E-state index in [9.17, 15) is 14.4 Å². The molecule has 1 aliphatic heterocycles. The molecule has 0 spiro atoms. The molecule has 8 nitrogen and oxygen atoms in total. The van der Waals surface area contributed by atoms with Gasteiger partial charge in [-0.3, -0.25) is 14.6 Å². The summed E-state index contributed by atoms with van der Waals surface area (Å²) in [6.07, 6.45) is 7.49. The van der Waals surface area contributed by atoms with Gasteiger partial charge >= 0.3 is 5.97 Å². The minimum absolute atomic E-state index is 0.0317. The first kappa shape index (κ1) is 15.9. The summed E-state index contributed by atoms with van der Waals surface area (Å²) in [5.74, 6) is -1.24. The number of ketones is 1. The zero-order valence-corrected chi connectivity index (χ0v) is 12.9. The fraction of sp³-hybridized carbons (Fsp3) is 0.312. The Morgan fingerprint density at radius 2 is 2.00 bits per heavy atom. The SMILES string of the molecule is O=C(COC(=O)c1cnccn1)c1c[nH]c(C(=O)N2CCCC2)c1. The smallest absolute Gasteiger partial charge is 0.358 e. The van der Waals surface area contributed by atoms with Gasteiger partial charge in [-0.25, -0.2) is 9.78 Å². The van der Waals surface area contributed by atoms with E-state index >= 15 is 0 Å². The van der Waals surface area contributed by atoms with Crippen molar-refractivity contribution in [1.29, 1.82) is 0 Å². The van der Waals surface area contributed by atoms with Gasteiger partial charge in [0.2, 0.25) is 5.78 Å². The van der Waals surface area contributed by atoms with Crippen LogP contribution in [0.25, 0.3) is 0 Å². The molecule has 2 aromatic heterocycles. The molecule has 24 heavy (non-hydrogen) atoms. The molecule has 0 atom stereocenters. The number of ether oxygens (including phenoxy) is 1. The van der Waals surface area contributed by atoms with Crippen molar-refractivity contribution in [2.75, 3.05) is 19.7 Å². The standard InChI is InChI=1S/C16H16N4O4/c21-14(10-24-16(23)13-9-17-3-4-18-13)11-7-12(19-8-11)15(22)20-5-1-2-6-20/h3-4,7-9,19H,1-2,5-6,10H2. The van der Waals surface area contributed by atoms with Crippen molar-refractivity contribution < 1.29 is 19.1 Å². The Kier molecular flexibility index (Phi) is 4.64. The van der Waals surface area contributed by atoms with E-state index in [1.54, 1.807) is 4.90 Å². The third-order valence-electron chi connectivity index (χ3n) is 3.74. The number of carbonyl (C=O) groups is 3. The number of hydrogen-bond acceptors (Lipinski definition) is 6. The molecule has 1 aliphatic rings. The molecule has 2 aromatic rings. The molecule has 124 valence electrons. The third-order valence-corrected chi connectivity index (χ3v) is 3.74. The van der Waals surface area contributed by atoms with Gasteiger partial charge in [-0.2, -0.15) is 0 Å². The highest BCUT2D eigenvalue weighted by Crippen LogP contribution is 2.13. The Balaban J connectivity index is 1.57. The van der Waals surface area contributed by atoms with Gasteiger partial charge in [0.25, 0.3) is 5.91 Å². The lowest BCUT2D eigenvalue weighted by molar-refractivity contribution is 0.0468. The zero-order valence-electron chi connectivity index (χ0n) is 12.9. The number of carbonyl (C=O) groups excluding carboxylic acids is 3. The first-order valence-corrected chi connectivity index (χ1v) is 7.59. The third kappa shape index (κ3) is 3.48. The summed E-state index contributed by atoms with van der Waals surface area (Å²) < 4.78 is 4.91. The van der Waals surface area contributed by atoms with E-state index in [0.717, 1.165) is 25.9 Å². The maximum Gasteiger partial charge on any atom is 0.358 e. The van der Waals surface area contributed by atoms with Gasteiger partial charge in [0.15, 0.2) is 12.3 Å². The number of likely N-dealkylation sites (tertiary alicyclic amines) is 1. The van der Waals surface area contributed by atoms with Crippen molar-refractivity contribution >= 4 is 17.7 Å². The number of nitrogens with one attached hydrogen (secondary N) is 1. The lowest BCUT2D eigenvalue weighted by Crippen LogP contribution is -2.27. The van der Waals surface area contributed by atoms with Gasteiger partial charge < -0.3 is 14.6 Å². The van der Waals surface area contributed by atoms with Crippen LogP contribution in [0.2, 0.25) is 0 Å². The second kappa shape index (κ2) is 7.03. The number of rotatable bonds is 5. The molecule has 0 radical (unpaired) electrons. The van der Waals surface area contributed by atoms with Crippen LogP contribution in [0, 0.1) is 0 Å². The molecule has 1 amide bonds. The molecular weight excluding hydrogens is 312 g/mol. The lowest BCUT2D eigenvalue weighted by Gasteiger charge is -2.13. The number of esters is 1. The summed E-state index contributed by atoms with van der Waals surface area (Å²) in [4.78, 5) is 48.1. The Morgan fingerprint density at radius 3 is 2.71 bits per heavy atom. The molecule has 0 bridgehead atoms. The van der Waals surface area contributed by atoms with Crippen LogP contribution in [0.1, 0.15) is 44.2 Å². The summed E-state index contributed by atoms with van der Waals surface area (Å²) in [7, 11) is 0. The van der Waals surface area contributed by atoms with Crippen molar-refractivity contribution in [1.82, 2.24) is 19.9 Å². The van der Waals surface area contributed by atoms with Crippen LogP contribution in [-0.4, -0.2) is 57.2 Å². The summed E-state index contributed by atoms with van der Waals surface area (Å²) in [5, 5.41) is 0. The van der Waals surface area contributed by atoms with Gasteiger partial charge in [-0.05, 0) is 18.9 Å². The summed E-state index contributed by atoms with van der Waals surface area (Å²) >= 11 is 0. The Hall–Kier alpha value is -3.03. The van der Waals surface area contributed by atoms with Gasteiger partial charge in [-0.15, -0.1) is 0 Å². The van der Waals surface area contributed by atoms with E-state index in [-0.39, 0.29) is 11.6 Å². The van der Waals surface area contributed by atoms with E-state index in [4.69, 9.17) is 4.74 Å². The molecular formula is C16H16N4O4. The van der Waals surface area contributed by atoms with Crippen LogP contribution in [-0.2, 0) is 4.74 Å². The van der Waals surface area contributed by atoms with E-state index in [1.165, 1.54) is 30.9 Å². The maximum absolute atomic E-state index is 12.2. The second-order valence-corrected chi connectivity index (χ2v) is 5.39. The van der Waals surface area contributed by atoms with E-state index in [2.05, 4.69) is 15.0 Å². The van der Waals surface area contributed by atoms with Gasteiger partial charge in [0.05, 0.1) is 6.20 Å². The number of amides is 1. The number of aromatic amines is 1. The molecule has 1 saturated heterocycles. The van der Waals surface area contributed by atoms with E-state index < -0.39 is 18.4 Å². The van der Waals surface area contributed by atoms with Gasteiger partial charge in [-0.1, -0.05) is 0 Å². The molecule has 3 heterocycles. The first-order valence-electron chi connectivity index (χ1n) is 7.59. The number of nitrogens with zero attached hydrogens (tertiary/aromatic N) is 3. The fourth-order valence-electron chi connectivity index (χ4n) is 2.46. The summed E-state index contributed by atoms with van der Waals surface area (Å²) in [6.45, 7) is 1.04. The molecule has 1 fully saturated rings. The van der Waals surface area contributed by atoms with Crippen LogP contribution in [0.5, 0.6) is 0 Å². The zero-order chi connectivity index (χ0) is 16.9. The van der Waals surface area contributed by atoms with Crippen molar-refractivity contribution in [2.45, 2.75) is 12.8 Å². The molecule has 8 heteroatoms. The highest BCUT2D eigenvalue weighted by Gasteiger charge is 2.22. The largest absolute Gasteiger partial charge is 0.453 e. The average molecular weight is 328 g/mol. The molecule has 0 unspecified atom stereocenters. The first-order chi connectivity index (χ1) is 11.6. The van der Waals surface area contributed by atoms with Crippen molar-refractivity contribution in [3.8, 4) is 0 Å². The normalized spacial score (nSPS) is 13.8. The molecule has 0 saturated carbocycles. The topological polar surface area (TPSA) is 105 Å². The number of H-pyrrole nitrogens is 1. The van der Waals surface area contributed by atoms with Gasteiger partial charge in [0, 0.05) is 37.2 Å². The van der Waals surface area contributed by atoms with Crippen molar-refractivity contribution in [3.05, 3.63) is 47.8 Å². The Labute approximate surface area is 137 Å². The number of Topliss-reactive ketones (excluding diaryl/α,β-unsaturated/α-hetero) is 1.